The molecule has 0 atom stereocenters. The Morgan fingerprint density at radius 1 is 1.12 bits per heavy atom. The van der Waals surface area contributed by atoms with Crippen LogP contribution in [-0.2, 0) is 14.3 Å². The van der Waals surface area contributed by atoms with Gasteiger partial charge < -0.3 is 10.1 Å². The fourth-order valence-electron chi connectivity index (χ4n) is 2.70. The van der Waals surface area contributed by atoms with Crippen LogP contribution in [-0.4, -0.2) is 23.5 Å². The topological polar surface area (TPSA) is 55.4 Å². The quantitative estimate of drug-likeness (QED) is 0.667. The first-order chi connectivity index (χ1) is 11.3. The van der Waals surface area contributed by atoms with Crippen LogP contribution in [0.4, 0.5) is 0 Å². The van der Waals surface area contributed by atoms with Crippen molar-refractivity contribution >= 4 is 17.8 Å². The molecule has 0 spiro atoms. The molecule has 0 bridgehead atoms. The maximum atomic E-state index is 12.4. The van der Waals surface area contributed by atoms with Crippen molar-refractivity contribution in [2.75, 3.05) is 0 Å². The van der Waals surface area contributed by atoms with E-state index < -0.39 is 5.72 Å². The van der Waals surface area contributed by atoms with Gasteiger partial charge in [0, 0.05) is 6.08 Å². The van der Waals surface area contributed by atoms with Gasteiger partial charge in [-0.15, -0.1) is 0 Å². The van der Waals surface area contributed by atoms with Crippen LogP contribution in [0.15, 0.2) is 59.7 Å². The molecule has 0 aromatic heterocycles. The summed E-state index contributed by atoms with van der Waals surface area (Å²) in [6.45, 7) is 7.37. The monoisotopic (exact) mass is 325 g/mol. The molecule has 0 radical (unpaired) electrons. The number of ketones is 1. The number of nitrogens with one attached hydrogen (secondary N) is 1. The van der Waals surface area contributed by atoms with Gasteiger partial charge in [0.1, 0.15) is 0 Å². The molecule has 1 amide bonds. The molecule has 0 saturated carbocycles. The van der Waals surface area contributed by atoms with Gasteiger partial charge in [-0.2, -0.15) is 0 Å². The SMILES string of the molecule is CC1=CC(=O)C=C(C)C1(NC(=O)/C=C/c1ccccc1)OC(C)C. The molecule has 2 rings (SSSR count). The number of rotatable bonds is 5. The summed E-state index contributed by atoms with van der Waals surface area (Å²) in [7, 11) is 0. The number of ether oxygens (including phenoxy) is 1. The van der Waals surface area contributed by atoms with Crippen molar-refractivity contribution in [3.8, 4) is 0 Å². The third kappa shape index (κ3) is 4.09. The number of carbonyl (C=O) groups excluding carboxylic acids is 2. The molecule has 126 valence electrons. The van der Waals surface area contributed by atoms with Crippen molar-refractivity contribution < 1.29 is 14.3 Å². The molecule has 0 heterocycles. The van der Waals surface area contributed by atoms with Crippen molar-refractivity contribution in [1.82, 2.24) is 5.32 Å². The maximum Gasteiger partial charge on any atom is 0.246 e. The van der Waals surface area contributed by atoms with Gasteiger partial charge in [0.05, 0.1) is 6.10 Å². The summed E-state index contributed by atoms with van der Waals surface area (Å²) in [6.07, 6.45) is 6.08. The summed E-state index contributed by atoms with van der Waals surface area (Å²) < 4.78 is 6.02. The van der Waals surface area contributed by atoms with Gasteiger partial charge in [-0.05, 0) is 62.6 Å². The largest absolute Gasteiger partial charge is 0.345 e. The van der Waals surface area contributed by atoms with Crippen LogP contribution >= 0.6 is 0 Å². The van der Waals surface area contributed by atoms with Gasteiger partial charge in [0.25, 0.3) is 0 Å². The standard InChI is InChI=1S/C20H23NO3/c1-14(2)24-20(15(3)12-18(22)13-16(20)4)21-19(23)11-10-17-8-6-5-7-9-17/h5-14H,1-4H3,(H,21,23)/b11-10+. The lowest BCUT2D eigenvalue weighted by Crippen LogP contribution is -2.54. The number of benzene rings is 1. The Labute approximate surface area is 142 Å². The van der Waals surface area contributed by atoms with Crippen LogP contribution in [0.1, 0.15) is 33.3 Å². The van der Waals surface area contributed by atoms with Gasteiger partial charge in [0.15, 0.2) is 11.5 Å². The number of hydrogen-bond acceptors (Lipinski definition) is 3. The average molecular weight is 325 g/mol. The Bertz CT molecular complexity index is 690. The summed E-state index contributed by atoms with van der Waals surface area (Å²) in [5.74, 6) is -0.378. The molecule has 1 aromatic carbocycles. The van der Waals surface area contributed by atoms with Gasteiger partial charge >= 0.3 is 0 Å². The Morgan fingerprint density at radius 2 is 1.71 bits per heavy atom. The zero-order chi connectivity index (χ0) is 17.7. The summed E-state index contributed by atoms with van der Waals surface area (Å²) >= 11 is 0. The predicted octanol–water partition coefficient (Wildman–Crippen LogP) is 3.41. The molecule has 1 aromatic rings. The second kappa shape index (κ2) is 7.41. The molecule has 0 aliphatic heterocycles. The van der Waals surface area contributed by atoms with E-state index in [0.717, 1.165) is 5.56 Å². The summed E-state index contributed by atoms with van der Waals surface area (Å²) in [4.78, 5) is 24.1. The van der Waals surface area contributed by atoms with Crippen molar-refractivity contribution in [3.63, 3.8) is 0 Å². The minimum absolute atomic E-state index is 0.0953. The van der Waals surface area contributed by atoms with Gasteiger partial charge in [-0.1, -0.05) is 30.3 Å². The molecule has 1 aliphatic carbocycles. The zero-order valence-electron chi connectivity index (χ0n) is 14.5. The molecule has 0 unspecified atom stereocenters. The minimum Gasteiger partial charge on any atom is -0.345 e. The van der Waals surface area contributed by atoms with E-state index >= 15 is 0 Å². The highest BCUT2D eigenvalue weighted by Gasteiger charge is 2.40. The first kappa shape index (κ1) is 17.9. The maximum absolute atomic E-state index is 12.4. The first-order valence-corrected chi connectivity index (χ1v) is 7.98. The Hall–Kier alpha value is -2.46. The van der Waals surface area contributed by atoms with Crippen molar-refractivity contribution in [1.29, 1.82) is 0 Å². The van der Waals surface area contributed by atoms with E-state index in [4.69, 9.17) is 4.74 Å². The van der Waals surface area contributed by atoms with E-state index in [-0.39, 0.29) is 17.8 Å². The van der Waals surface area contributed by atoms with Gasteiger partial charge in [-0.25, -0.2) is 0 Å². The third-order valence-electron chi connectivity index (χ3n) is 3.77. The third-order valence-corrected chi connectivity index (χ3v) is 3.77. The van der Waals surface area contributed by atoms with E-state index in [0.29, 0.717) is 11.1 Å². The molecule has 1 N–H and O–H groups in total. The number of allylic oxidation sites excluding steroid dienone is 2. The minimum atomic E-state index is -1.08. The van der Waals surface area contributed by atoms with Crippen molar-refractivity contribution in [2.45, 2.75) is 39.5 Å². The van der Waals surface area contributed by atoms with Crippen LogP contribution in [0.5, 0.6) is 0 Å². The van der Waals surface area contributed by atoms with E-state index in [9.17, 15) is 9.59 Å². The van der Waals surface area contributed by atoms with Crippen LogP contribution < -0.4 is 5.32 Å². The molecular weight excluding hydrogens is 302 g/mol. The lowest BCUT2D eigenvalue weighted by Gasteiger charge is -2.39. The molecule has 24 heavy (non-hydrogen) atoms. The highest BCUT2D eigenvalue weighted by Crippen LogP contribution is 2.32. The zero-order valence-corrected chi connectivity index (χ0v) is 14.5. The number of carbonyl (C=O) groups is 2. The van der Waals surface area contributed by atoms with Crippen LogP contribution in [0.3, 0.4) is 0 Å². The van der Waals surface area contributed by atoms with Gasteiger partial charge in [0.2, 0.25) is 5.91 Å². The fourth-order valence-corrected chi connectivity index (χ4v) is 2.70. The lowest BCUT2D eigenvalue weighted by molar-refractivity contribution is -0.127. The van der Waals surface area contributed by atoms with Crippen molar-refractivity contribution in [3.05, 3.63) is 65.3 Å². The number of amides is 1. The fraction of sp³-hybridized carbons (Fsp3) is 0.300. The summed E-state index contributed by atoms with van der Waals surface area (Å²) in [5, 5.41) is 2.92. The van der Waals surface area contributed by atoms with Crippen LogP contribution in [0.2, 0.25) is 0 Å². The molecule has 4 heteroatoms. The average Bonchev–Trinajstić information content (AvgIpc) is 2.51. The van der Waals surface area contributed by atoms with E-state index in [1.54, 1.807) is 19.9 Å². The first-order valence-electron chi connectivity index (χ1n) is 7.98. The van der Waals surface area contributed by atoms with Crippen LogP contribution in [0.25, 0.3) is 6.08 Å². The Morgan fingerprint density at radius 3 is 2.25 bits per heavy atom. The molecule has 4 nitrogen and oxygen atoms in total. The Balaban J connectivity index is 2.25. The normalized spacial score (nSPS) is 17.0. The second-order valence-corrected chi connectivity index (χ2v) is 6.14. The van der Waals surface area contributed by atoms with Crippen LogP contribution in [0, 0.1) is 0 Å². The highest BCUT2D eigenvalue weighted by molar-refractivity contribution is 6.02. The summed E-state index contributed by atoms with van der Waals surface area (Å²) in [6, 6.07) is 9.57. The number of hydrogen-bond donors (Lipinski definition) is 1. The second-order valence-electron chi connectivity index (χ2n) is 6.14. The van der Waals surface area contributed by atoms with E-state index in [1.807, 2.05) is 44.2 Å². The van der Waals surface area contributed by atoms with E-state index in [1.165, 1.54) is 18.2 Å². The Kier molecular flexibility index (Phi) is 5.52. The van der Waals surface area contributed by atoms with Crippen molar-refractivity contribution in [2.24, 2.45) is 0 Å². The summed E-state index contributed by atoms with van der Waals surface area (Å²) in [5.41, 5.74) is 1.19. The van der Waals surface area contributed by atoms with Gasteiger partial charge in [-0.3, -0.25) is 9.59 Å². The lowest BCUT2D eigenvalue weighted by atomic mass is 9.89. The molecule has 0 fully saturated rings. The smallest absolute Gasteiger partial charge is 0.246 e. The van der Waals surface area contributed by atoms with E-state index in [2.05, 4.69) is 5.32 Å². The molecular formula is C20H23NO3. The highest BCUT2D eigenvalue weighted by atomic mass is 16.5. The molecule has 0 saturated heterocycles. The molecule has 1 aliphatic rings. The predicted molar refractivity (Wildman–Crippen MR) is 95.1 cm³/mol.